The van der Waals surface area contributed by atoms with Gasteiger partial charge >= 0.3 is 0 Å². The molecule has 2 aliphatic heterocycles. The Hall–Kier alpha value is -2.54. The van der Waals surface area contributed by atoms with Crippen LogP contribution in [0.2, 0.25) is 5.02 Å². The average molecular weight is 385 g/mol. The Morgan fingerprint density at radius 2 is 2.00 bits per heavy atom. The van der Waals surface area contributed by atoms with E-state index in [9.17, 15) is 4.79 Å². The SMILES string of the molecule is O=C(CCn1cncn1)N1CCC(C2=NN=C(c3ccccc3Cl)C2)CC1. The van der Waals surface area contributed by atoms with Crippen LogP contribution in [0.4, 0.5) is 0 Å². The van der Waals surface area contributed by atoms with Gasteiger partial charge in [0.25, 0.3) is 0 Å². The predicted molar refractivity (Wildman–Crippen MR) is 104 cm³/mol. The van der Waals surface area contributed by atoms with Gasteiger partial charge in [0.2, 0.25) is 5.91 Å². The van der Waals surface area contributed by atoms with Crippen LogP contribution in [0, 0.1) is 5.92 Å². The Bertz CT molecular complexity index is 868. The van der Waals surface area contributed by atoms with Gasteiger partial charge in [-0.3, -0.25) is 9.48 Å². The minimum Gasteiger partial charge on any atom is -0.343 e. The molecule has 140 valence electrons. The van der Waals surface area contributed by atoms with Crippen LogP contribution >= 0.6 is 11.6 Å². The number of hydrogen-bond donors (Lipinski definition) is 0. The molecule has 1 fully saturated rings. The lowest BCUT2D eigenvalue weighted by Gasteiger charge is -2.32. The second-order valence-corrected chi connectivity index (χ2v) is 7.27. The molecule has 7 nitrogen and oxygen atoms in total. The summed E-state index contributed by atoms with van der Waals surface area (Å²) in [5.74, 6) is 0.554. The highest BCUT2D eigenvalue weighted by atomic mass is 35.5. The highest BCUT2D eigenvalue weighted by Gasteiger charge is 2.29. The van der Waals surface area contributed by atoms with Gasteiger partial charge in [-0.05, 0) is 18.9 Å². The third-order valence-electron chi connectivity index (χ3n) is 5.17. The fraction of sp³-hybridized carbons (Fsp3) is 0.421. The molecule has 0 saturated carbocycles. The molecule has 0 unspecified atom stereocenters. The third-order valence-corrected chi connectivity index (χ3v) is 5.50. The van der Waals surface area contributed by atoms with Gasteiger partial charge in [-0.1, -0.05) is 29.8 Å². The molecule has 0 atom stereocenters. The van der Waals surface area contributed by atoms with Crippen LogP contribution in [0.5, 0.6) is 0 Å². The van der Waals surface area contributed by atoms with Gasteiger partial charge in [-0.25, -0.2) is 4.98 Å². The van der Waals surface area contributed by atoms with Gasteiger partial charge in [-0.15, -0.1) is 0 Å². The van der Waals surface area contributed by atoms with Crippen LogP contribution in [0.1, 0.15) is 31.2 Å². The molecule has 0 radical (unpaired) electrons. The number of hydrogen-bond acceptors (Lipinski definition) is 5. The van der Waals surface area contributed by atoms with Crippen LogP contribution in [-0.2, 0) is 11.3 Å². The van der Waals surface area contributed by atoms with Crippen molar-refractivity contribution in [3.63, 3.8) is 0 Å². The van der Waals surface area contributed by atoms with Gasteiger partial charge in [0.05, 0.1) is 12.3 Å². The van der Waals surface area contributed by atoms with Crippen molar-refractivity contribution in [2.24, 2.45) is 16.1 Å². The zero-order valence-corrected chi connectivity index (χ0v) is 15.7. The monoisotopic (exact) mass is 384 g/mol. The second kappa shape index (κ2) is 8.00. The maximum absolute atomic E-state index is 12.4. The largest absolute Gasteiger partial charge is 0.343 e. The zero-order valence-electron chi connectivity index (χ0n) is 15.0. The summed E-state index contributed by atoms with van der Waals surface area (Å²) >= 11 is 6.27. The number of piperidine rings is 1. The number of amides is 1. The molecule has 0 N–H and O–H groups in total. The fourth-order valence-corrected chi connectivity index (χ4v) is 3.86. The number of rotatable bonds is 5. The Kier molecular flexibility index (Phi) is 5.29. The van der Waals surface area contributed by atoms with Gasteiger partial charge in [-0.2, -0.15) is 15.3 Å². The Morgan fingerprint density at radius 3 is 2.74 bits per heavy atom. The van der Waals surface area contributed by atoms with Crippen molar-refractivity contribution in [2.75, 3.05) is 13.1 Å². The zero-order chi connectivity index (χ0) is 18.6. The topological polar surface area (TPSA) is 75.7 Å². The number of carbonyl (C=O) groups is 1. The van der Waals surface area contributed by atoms with Crippen LogP contribution in [0.15, 0.2) is 47.1 Å². The van der Waals surface area contributed by atoms with Crippen LogP contribution in [-0.4, -0.2) is 50.1 Å². The van der Waals surface area contributed by atoms with Crippen molar-refractivity contribution < 1.29 is 4.79 Å². The van der Waals surface area contributed by atoms with Crippen molar-refractivity contribution >= 4 is 28.9 Å². The number of benzene rings is 1. The normalized spacial score (nSPS) is 17.7. The number of carbonyl (C=O) groups excluding carboxylic acids is 1. The first-order chi connectivity index (χ1) is 13.2. The number of aromatic nitrogens is 3. The van der Waals surface area contributed by atoms with E-state index in [1.807, 2.05) is 29.2 Å². The molecule has 8 heteroatoms. The van der Waals surface area contributed by atoms with Crippen molar-refractivity contribution in [3.8, 4) is 0 Å². The lowest BCUT2D eigenvalue weighted by Crippen LogP contribution is -2.40. The summed E-state index contributed by atoms with van der Waals surface area (Å²) in [6.07, 6.45) is 6.17. The molecule has 0 bridgehead atoms. The van der Waals surface area contributed by atoms with Crippen LogP contribution in [0.25, 0.3) is 0 Å². The maximum atomic E-state index is 12.4. The highest BCUT2D eigenvalue weighted by molar-refractivity contribution is 6.35. The molecule has 4 rings (SSSR count). The molecule has 2 aromatic rings. The van der Waals surface area contributed by atoms with Gasteiger partial charge in [0.1, 0.15) is 12.7 Å². The molecular formula is C19H21ClN6O. The molecule has 1 aromatic heterocycles. The van der Waals surface area contributed by atoms with Gasteiger partial charge in [0.15, 0.2) is 0 Å². The molecule has 1 saturated heterocycles. The number of aryl methyl sites for hydroxylation is 1. The van der Waals surface area contributed by atoms with E-state index in [-0.39, 0.29) is 5.91 Å². The van der Waals surface area contributed by atoms with Crippen LogP contribution in [0.3, 0.4) is 0 Å². The summed E-state index contributed by atoms with van der Waals surface area (Å²) in [7, 11) is 0. The number of halogens is 1. The average Bonchev–Trinajstić information content (AvgIpc) is 3.39. The first-order valence-corrected chi connectivity index (χ1v) is 9.57. The summed E-state index contributed by atoms with van der Waals surface area (Å²) < 4.78 is 1.69. The van der Waals surface area contributed by atoms with E-state index < -0.39 is 0 Å². The van der Waals surface area contributed by atoms with Crippen molar-refractivity contribution in [1.29, 1.82) is 0 Å². The fourth-order valence-electron chi connectivity index (χ4n) is 3.62. The Balaban J connectivity index is 1.26. The Morgan fingerprint density at radius 1 is 1.19 bits per heavy atom. The molecule has 27 heavy (non-hydrogen) atoms. The number of likely N-dealkylation sites (tertiary alicyclic amines) is 1. The first-order valence-electron chi connectivity index (χ1n) is 9.19. The van der Waals surface area contributed by atoms with E-state index in [1.165, 1.54) is 6.33 Å². The second-order valence-electron chi connectivity index (χ2n) is 6.86. The smallest absolute Gasteiger partial charge is 0.224 e. The molecule has 3 heterocycles. The van der Waals surface area contributed by atoms with Gasteiger partial charge in [0, 0.05) is 48.1 Å². The third kappa shape index (κ3) is 4.08. The van der Waals surface area contributed by atoms with Crippen molar-refractivity contribution in [1.82, 2.24) is 19.7 Å². The van der Waals surface area contributed by atoms with E-state index in [4.69, 9.17) is 11.6 Å². The molecule has 0 aliphatic carbocycles. The quantitative estimate of drug-likeness (QED) is 0.795. The highest BCUT2D eigenvalue weighted by Crippen LogP contribution is 2.27. The van der Waals surface area contributed by atoms with Crippen molar-refractivity contribution in [3.05, 3.63) is 47.5 Å². The van der Waals surface area contributed by atoms with E-state index in [1.54, 1.807) is 11.0 Å². The lowest BCUT2D eigenvalue weighted by molar-refractivity contribution is -0.132. The van der Waals surface area contributed by atoms with Gasteiger partial charge < -0.3 is 4.90 Å². The summed E-state index contributed by atoms with van der Waals surface area (Å²) in [6.45, 7) is 2.10. The summed E-state index contributed by atoms with van der Waals surface area (Å²) in [4.78, 5) is 18.2. The van der Waals surface area contributed by atoms with Crippen molar-refractivity contribution in [2.45, 2.75) is 32.2 Å². The molecule has 1 aromatic carbocycles. The van der Waals surface area contributed by atoms with E-state index in [0.29, 0.717) is 23.9 Å². The molecule has 0 spiro atoms. The maximum Gasteiger partial charge on any atom is 0.224 e. The predicted octanol–water partition coefficient (Wildman–Crippen LogP) is 2.81. The summed E-state index contributed by atoms with van der Waals surface area (Å²) in [6, 6.07) is 7.74. The minimum atomic E-state index is 0.172. The van der Waals surface area contributed by atoms with E-state index in [2.05, 4.69) is 20.3 Å². The van der Waals surface area contributed by atoms with E-state index >= 15 is 0 Å². The molecule has 2 aliphatic rings. The summed E-state index contributed by atoms with van der Waals surface area (Å²) in [5.41, 5.74) is 3.00. The van der Waals surface area contributed by atoms with Crippen LogP contribution < -0.4 is 0 Å². The summed E-state index contributed by atoms with van der Waals surface area (Å²) in [5, 5.41) is 13.5. The molecule has 1 amide bonds. The first kappa shape index (κ1) is 17.9. The Labute approximate surface area is 162 Å². The number of nitrogens with zero attached hydrogens (tertiary/aromatic N) is 6. The molecular weight excluding hydrogens is 364 g/mol. The standard InChI is InChI=1S/C19H21ClN6O/c20-16-4-2-1-3-15(16)18-11-17(23-24-18)14-5-8-25(9-6-14)19(27)7-10-26-13-21-12-22-26/h1-4,12-14H,5-11H2. The van der Waals surface area contributed by atoms with E-state index in [0.717, 1.165) is 49.3 Å². The lowest BCUT2D eigenvalue weighted by atomic mass is 9.88. The minimum absolute atomic E-state index is 0.172.